The molecule has 0 aromatic carbocycles. The lowest BCUT2D eigenvalue weighted by molar-refractivity contribution is -0.127. The van der Waals surface area contributed by atoms with Crippen molar-refractivity contribution >= 4 is 26.7 Å². The van der Waals surface area contributed by atoms with Gasteiger partial charge in [0.15, 0.2) is 0 Å². The quantitative estimate of drug-likeness (QED) is 0.130. The van der Waals surface area contributed by atoms with Crippen molar-refractivity contribution in [3.05, 3.63) is 23.8 Å². The first kappa shape index (κ1) is 36.9. The summed E-state index contributed by atoms with van der Waals surface area (Å²) in [6.07, 6.45) is 13.4. The van der Waals surface area contributed by atoms with Gasteiger partial charge in [-0.05, 0) is 111 Å². The number of hydrogen-bond donors (Lipinski definition) is 3. The van der Waals surface area contributed by atoms with Crippen molar-refractivity contribution in [3.8, 4) is 0 Å². The average Bonchev–Trinajstić information content (AvgIpc) is 3.54. The predicted octanol–water partition coefficient (Wildman–Crippen LogP) is 5.37. The van der Waals surface area contributed by atoms with E-state index < -0.39 is 33.0 Å². The van der Waals surface area contributed by atoms with Gasteiger partial charge in [0.25, 0.3) is 0 Å². The second kappa shape index (κ2) is 14.1. The topological polar surface area (TPSA) is 160 Å². The maximum Gasteiger partial charge on any atom is 0.397 e. The van der Waals surface area contributed by atoms with E-state index in [1.165, 1.54) is 5.57 Å². The van der Waals surface area contributed by atoms with Gasteiger partial charge in [0.05, 0.1) is 6.10 Å². The molecule has 1 saturated heterocycles. The van der Waals surface area contributed by atoms with Gasteiger partial charge in [-0.15, -0.1) is 0 Å². The second-order valence-corrected chi connectivity index (χ2v) is 17.9. The molecule has 0 aromatic heterocycles. The number of hydrogen-bond acceptors (Lipinski definition) is 8. The summed E-state index contributed by atoms with van der Waals surface area (Å²) in [5.74, 6) is 0.844. The number of nitrogens with zero attached hydrogens (tertiary/aromatic N) is 1. The summed E-state index contributed by atoms with van der Waals surface area (Å²) in [5.41, 5.74) is 1.05. The number of amides is 1. The third kappa shape index (κ3) is 8.18. The molecule has 3 N–H and O–H groups in total. The number of nitrogens with one attached hydrogen (secondary N) is 1. The summed E-state index contributed by atoms with van der Waals surface area (Å²) in [4.78, 5) is 13.9. The second-order valence-electron chi connectivity index (χ2n) is 15.8. The molecule has 0 unspecified atom stereocenters. The lowest BCUT2D eigenvalue weighted by atomic mass is 9.46. The van der Waals surface area contributed by atoms with Gasteiger partial charge < -0.3 is 10.2 Å². The standard InChI is InChI=1S/C34H56N2O9S2/c1-22(2)29(44-46(38,39)40)12-9-23(3)26-10-11-27-32-28(14-16-34(26,27)5)33(4)15-13-25(20-24(33)21-30(32)45-47(41,42)43)35-17-7-19-36-18-6-8-31(36)37/h9,12,21-23,25-30,32,35H,6-8,10-11,13-20H2,1-5H3,(H,38,39,40)(H,41,42,43)/b12-9+/t23-,25+,26-,27+,28+,29-,30-,32+,33+,34-/m1/s1. The summed E-state index contributed by atoms with van der Waals surface area (Å²) in [6, 6.07) is 0.267. The highest BCUT2D eigenvalue weighted by Gasteiger charge is 2.62. The average molecular weight is 701 g/mol. The van der Waals surface area contributed by atoms with Gasteiger partial charge in [-0.3, -0.25) is 13.9 Å². The smallest absolute Gasteiger partial charge is 0.343 e. The van der Waals surface area contributed by atoms with Crippen molar-refractivity contribution in [2.45, 2.75) is 117 Å². The van der Waals surface area contributed by atoms with E-state index >= 15 is 0 Å². The van der Waals surface area contributed by atoms with Crippen LogP contribution in [0.4, 0.5) is 0 Å². The summed E-state index contributed by atoms with van der Waals surface area (Å²) < 4.78 is 76.9. The van der Waals surface area contributed by atoms with Crippen LogP contribution in [0.25, 0.3) is 0 Å². The Kier molecular flexibility index (Phi) is 11.1. The van der Waals surface area contributed by atoms with E-state index in [0.717, 1.165) is 77.4 Å². The molecular formula is C34H56N2O9S2. The zero-order valence-corrected chi connectivity index (χ0v) is 30.3. The Hall–Kier alpha value is -1.35. The molecule has 268 valence electrons. The van der Waals surface area contributed by atoms with Gasteiger partial charge in [-0.2, -0.15) is 16.8 Å². The zero-order valence-electron chi connectivity index (χ0n) is 28.6. The van der Waals surface area contributed by atoms with Gasteiger partial charge >= 0.3 is 20.8 Å². The highest BCUT2D eigenvalue weighted by Crippen LogP contribution is 2.67. The van der Waals surface area contributed by atoms with Crippen LogP contribution in [0, 0.1) is 46.3 Å². The molecule has 5 rings (SSSR count). The van der Waals surface area contributed by atoms with E-state index in [4.69, 9.17) is 8.37 Å². The van der Waals surface area contributed by atoms with E-state index in [9.17, 15) is 30.7 Å². The van der Waals surface area contributed by atoms with Crippen molar-refractivity contribution in [2.75, 3.05) is 19.6 Å². The number of fused-ring (bicyclic) bond motifs is 5. The van der Waals surface area contributed by atoms with E-state index in [0.29, 0.717) is 6.42 Å². The summed E-state index contributed by atoms with van der Waals surface area (Å²) in [5, 5.41) is 3.70. The molecular weight excluding hydrogens is 645 g/mol. The first-order valence-corrected chi connectivity index (χ1v) is 20.4. The molecule has 0 bridgehead atoms. The summed E-state index contributed by atoms with van der Waals surface area (Å²) in [6.45, 7) is 12.9. The lowest BCUT2D eigenvalue weighted by Crippen LogP contribution is -2.56. The Bertz CT molecular complexity index is 1430. The minimum absolute atomic E-state index is 0.0561. The fourth-order valence-electron chi connectivity index (χ4n) is 10.4. The highest BCUT2D eigenvalue weighted by atomic mass is 32.3. The fourth-order valence-corrected chi connectivity index (χ4v) is 11.4. The normalized spacial score (nSPS) is 37.5. The first-order valence-electron chi connectivity index (χ1n) is 17.6. The molecule has 47 heavy (non-hydrogen) atoms. The number of carbonyl (C=O) groups is 1. The fraction of sp³-hybridized carbons (Fsp3) is 0.853. The van der Waals surface area contributed by atoms with Crippen LogP contribution >= 0.6 is 0 Å². The third-order valence-electron chi connectivity index (χ3n) is 12.8. The number of likely N-dealkylation sites (tertiary alicyclic amines) is 1. The molecule has 4 aliphatic carbocycles. The largest absolute Gasteiger partial charge is 0.397 e. The van der Waals surface area contributed by atoms with Gasteiger partial charge in [0.1, 0.15) is 6.10 Å². The Morgan fingerprint density at radius 2 is 1.77 bits per heavy atom. The van der Waals surface area contributed by atoms with Crippen LogP contribution in [-0.2, 0) is 34.0 Å². The Balaban J connectivity index is 1.32. The molecule has 1 aliphatic heterocycles. The molecule has 13 heteroatoms. The van der Waals surface area contributed by atoms with E-state index in [-0.39, 0.29) is 58.3 Å². The molecule has 0 aromatic rings. The molecule has 4 fully saturated rings. The van der Waals surface area contributed by atoms with E-state index in [1.807, 2.05) is 30.9 Å². The van der Waals surface area contributed by atoms with Crippen LogP contribution < -0.4 is 5.32 Å². The third-order valence-corrected chi connectivity index (χ3v) is 13.7. The molecule has 5 aliphatic rings. The minimum Gasteiger partial charge on any atom is -0.343 e. The molecule has 1 amide bonds. The van der Waals surface area contributed by atoms with E-state index in [1.54, 1.807) is 6.08 Å². The van der Waals surface area contributed by atoms with Crippen LogP contribution in [0.5, 0.6) is 0 Å². The molecule has 0 spiro atoms. The maximum absolute atomic E-state index is 12.2. The molecule has 1 heterocycles. The first-order chi connectivity index (χ1) is 21.9. The van der Waals surface area contributed by atoms with Crippen molar-refractivity contribution < 1.29 is 39.1 Å². The van der Waals surface area contributed by atoms with Gasteiger partial charge in [0.2, 0.25) is 5.91 Å². The number of allylic oxidation sites excluding steroid dienone is 1. The zero-order chi connectivity index (χ0) is 34.4. The maximum atomic E-state index is 12.2. The van der Waals surface area contributed by atoms with Crippen molar-refractivity contribution in [2.24, 2.45) is 46.3 Å². The summed E-state index contributed by atoms with van der Waals surface area (Å²) >= 11 is 0. The van der Waals surface area contributed by atoms with Gasteiger partial charge in [0, 0.05) is 25.6 Å². The van der Waals surface area contributed by atoms with Crippen LogP contribution in [-0.4, -0.2) is 74.6 Å². The van der Waals surface area contributed by atoms with E-state index in [2.05, 4.69) is 26.1 Å². The van der Waals surface area contributed by atoms with Gasteiger partial charge in [-0.1, -0.05) is 58.4 Å². The minimum atomic E-state index is -4.68. The number of rotatable bonds is 13. The number of carbonyl (C=O) groups excluding carboxylic acids is 1. The molecule has 11 nitrogen and oxygen atoms in total. The van der Waals surface area contributed by atoms with Crippen LogP contribution in [0.2, 0.25) is 0 Å². The van der Waals surface area contributed by atoms with Gasteiger partial charge in [-0.25, -0.2) is 8.37 Å². The Morgan fingerprint density at radius 1 is 1.02 bits per heavy atom. The molecule has 3 saturated carbocycles. The van der Waals surface area contributed by atoms with Crippen molar-refractivity contribution in [3.63, 3.8) is 0 Å². The lowest BCUT2D eigenvalue weighted by Gasteiger charge is -2.60. The summed E-state index contributed by atoms with van der Waals surface area (Å²) in [7, 11) is -9.27. The Labute approximate surface area is 282 Å². The monoisotopic (exact) mass is 700 g/mol. The van der Waals surface area contributed by atoms with Crippen molar-refractivity contribution in [1.29, 1.82) is 0 Å². The SMILES string of the molecule is CC(C)[C@@H](/C=C/[C@@H](C)[C@H]1CC[C@H]2[C@@H]3[C@H](OS(=O)(=O)O)C=C4C[C@@H](NCCCN5CCCC5=O)CC[C@]4(C)[C@H]3CC[C@]12C)OS(=O)(=O)O. The highest BCUT2D eigenvalue weighted by molar-refractivity contribution is 7.81. The van der Waals surface area contributed by atoms with Crippen LogP contribution in [0.3, 0.4) is 0 Å². The molecule has 10 atom stereocenters. The molecule has 0 radical (unpaired) electrons. The predicted molar refractivity (Wildman–Crippen MR) is 179 cm³/mol. The van der Waals surface area contributed by atoms with Crippen molar-refractivity contribution in [1.82, 2.24) is 10.2 Å². The van der Waals surface area contributed by atoms with Crippen LogP contribution in [0.15, 0.2) is 23.8 Å². The Morgan fingerprint density at radius 3 is 2.40 bits per heavy atom. The van der Waals surface area contributed by atoms with Crippen LogP contribution in [0.1, 0.15) is 98.8 Å².